The molecule has 0 aliphatic heterocycles. The van der Waals surface area contributed by atoms with E-state index in [0.717, 1.165) is 29.5 Å². The zero-order valence-electron chi connectivity index (χ0n) is 11.3. The first-order chi connectivity index (χ1) is 9.31. The highest BCUT2D eigenvalue weighted by molar-refractivity contribution is 7.23. The lowest BCUT2D eigenvalue weighted by atomic mass is 10.2. The minimum absolute atomic E-state index is 0.670. The van der Waals surface area contributed by atoms with Crippen molar-refractivity contribution in [3.8, 4) is 9.88 Å². The van der Waals surface area contributed by atoms with Crippen LogP contribution >= 0.6 is 22.7 Å². The van der Waals surface area contributed by atoms with Crippen LogP contribution in [0.5, 0.6) is 0 Å². The lowest BCUT2D eigenvalue weighted by Gasteiger charge is -1.94. The number of nitrogens with zero attached hydrogens (tertiary/aromatic N) is 3. The quantitative estimate of drug-likeness (QED) is 0.877. The average molecular weight is 294 g/mol. The van der Waals surface area contributed by atoms with Crippen LogP contribution in [0.4, 0.5) is 5.13 Å². The average Bonchev–Trinajstić information content (AvgIpc) is 2.99. The number of thiazole rings is 1. The Labute approximate surface area is 121 Å². The van der Waals surface area contributed by atoms with Crippen LogP contribution in [0, 0.1) is 0 Å². The molecular weight excluding hydrogens is 276 g/mol. The lowest BCUT2D eigenvalue weighted by molar-refractivity contribution is 0.891. The number of aryl methyl sites for hydroxylation is 1. The van der Waals surface area contributed by atoms with Crippen LogP contribution < -0.4 is 5.32 Å². The maximum Gasteiger partial charge on any atom is 0.206 e. The Morgan fingerprint density at radius 2 is 2.05 bits per heavy atom. The molecule has 2 heterocycles. The number of hydrogen-bond donors (Lipinski definition) is 1. The van der Waals surface area contributed by atoms with Gasteiger partial charge in [0.25, 0.3) is 0 Å². The van der Waals surface area contributed by atoms with Crippen LogP contribution in [-0.2, 0) is 6.42 Å². The van der Waals surface area contributed by atoms with E-state index >= 15 is 0 Å². The van der Waals surface area contributed by atoms with E-state index in [1.807, 2.05) is 0 Å². The molecule has 0 unspecified atom stereocenters. The lowest BCUT2D eigenvalue weighted by Crippen LogP contribution is -1.94. The maximum absolute atomic E-state index is 4.83. The first-order valence-electron chi connectivity index (χ1n) is 6.89. The number of aromatic nitrogens is 3. The normalized spacial score (nSPS) is 14.8. The smallest absolute Gasteiger partial charge is 0.206 e. The molecule has 1 aliphatic carbocycles. The van der Waals surface area contributed by atoms with Crippen LogP contribution in [0.25, 0.3) is 9.88 Å². The predicted octanol–water partition coefficient (Wildman–Crippen LogP) is 3.92. The molecule has 0 aromatic carbocycles. The summed E-state index contributed by atoms with van der Waals surface area (Å²) in [5, 5.41) is 14.9. The highest BCUT2D eigenvalue weighted by Crippen LogP contribution is 2.47. The second-order valence-corrected chi connectivity index (χ2v) is 6.85. The minimum atomic E-state index is 0.670. The van der Waals surface area contributed by atoms with Crippen LogP contribution in [0.3, 0.4) is 0 Å². The van der Waals surface area contributed by atoms with E-state index in [2.05, 4.69) is 29.4 Å². The van der Waals surface area contributed by atoms with Crippen LogP contribution in [0.1, 0.15) is 49.7 Å². The fraction of sp³-hybridized carbons (Fsp3) is 0.615. The Kier molecular flexibility index (Phi) is 3.79. The van der Waals surface area contributed by atoms with E-state index in [0.29, 0.717) is 5.92 Å². The Morgan fingerprint density at radius 1 is 1.21 bits per heavy atom. The van der Waals surface area contributed by atoms with Crippen molar-refractivity contribution in [1.82, 2.24) is 15.2 Å². The molecule has 0 spiro atoms. The summed E-state index contributed by atoms with van der Waals surface area (Å²) in [4.78, 5) is 6.09. The van der Waals surface area contributed by atoms with Gasteiger partial charge in [0.1, 0.15) is 0 Å². The van der Waals surface area contributed by atoms with Crippen molar-refractivity contribution < 1.29 is 0 Å². The van der Waals surface area contributed by atoms with Crippen molar-refractivity contribution in [2.24, 2.45) is 0 Å². The summed E-state index contributed by atoms with van der Waals surface area (Å²) in [5.74, 6) is 0.670. The van der Waals surface area contributed by atoms with Crippen LogP contribution in [0.15, 0.2) is 0 Å². The molecule has 4 nitrogen and oxygen atoms in total. The molecule has 0 saturated heterocycles. The van der Waals surface area contributed by atoms with Gasteiger partial charge in [0, 0.05) is 12.5 Å². The topological polar surface area (TPSA) is 50.7 Å². The Balaban J connectivity index is 1.92. The molecule has 1 aliphatic rings. The highest BCUT2D eigenvalue weighted by Gasteiger charge is 2.31. The predicted molar refractivity (Wildman–Crippen MR) is 81.2 cm³/mol. The van der Waals surface area contributed by atoms with Gasteiger partial charge in [0.05, 0.1) is 15.6 Å². The molecular formula is C13H18N4S2. The van der Waals surface area contributed by atoms with Gasteiger partial charge in [-0.1, -0.05) is 18.3 Å². The zero-order valence-corrected chi connectivity index (χ0v) is 12.9. The van der Waals surface area contributed by atoms with Crippen molar-refractivity contribution in [2.75, 3.05) is 11.9 Å². The molecule has 3 rings (SSSR count). The van der Waals surface area contributed by atoms with Gasteiger partial charge in [-0.2, -0.15) is 0 Å². The second-order valence-electron chi connectivity index (χ2n) is 4.79. The molecule has 0 bridgehead atoms. The summed E-state index contributed by atoms with van der Waals surface area (Å²) in [6.45, 7) is 5.16. The maximum atomic E-state index is 4.83. The third kappa shape index (κ3) is 2.79. The second kappa shape index (κ2) is 5.54. The van der Waals surface area contributed by atoms with Gasteiger partial charge in [0.15, 0.2) is 5.01 Å². The van der Waals surface area contributed by atoms with Gasteiger partial charge < -0.3 is 5.32 Å². The first kappa shape index (κ1) is 13.0. The molecule has 1 saturated carbocycles. The van der Waals surface area contributed by atoms with E-state index in [1.54, 1.807) is 22.7 Å². The van der Waals surface area contributed by atoms with Gasteiger partial charge >= 0.3 is 0 Å². The Morgan fingerprint density at radius 3 is 2.74 bits per heavy atom. The molecule has 1 N–H and O–H groups in total. The van der Waals surface area contributed by atoms with Crippen LogP contribution in [-0.4, -0.2) is 21.7 Å². The zero-order chi connectivity index (χ0) is 13.2. The van der Waals surface area contributed by atoms with Gasteiger partial charge in [-0.15, -0.1) is 21.5 Å². The van der Waals surface area contributed by atoms with Crippen LogP contribution in [0.2, 0.25) is 0 Å². The first-order valence-corrected chi connectivity index (χ1v) is 8.52. The summed E-state index contributed by atoms with van der Waals surface area (Å²) in [5.41, 5.74) is 1.27. The molecule has 0 radical (unpaired) electrons. The standard InChI is InChI=1S/C13H18N4S2/c1-3-5-9-15-10(8-6-7-8)11(18-9)12-16-17-13(19-12)14-4-2/h8H,3-7H2,1-2H3,(H,14,17). The number of hydrogen-bond acceptors (Lipinski definition) is 6. The van der Waals surface area contributed by atoms with Gasteiger partial charge in [-0.05, 0) is 32.6 Å². The molecule has 102 valence electrons. The van der Waals surface area contributed by atoms with Gasteiger partial charge in [0.2, 0.25) is 5.13 Å². The van der Waals surface area contributed by atoms with E-state index in [1.165, 1.54) is 28.4 Å². The Hall–Kier alpha value is -1.01. The Bertz CT molecular complexity index is 557. The molecule has 19 heavy (non-hydrogen) atoms. The summed E-state index contributed by atoms with van der Waals surface area (Å²) < 4.78 is 0. The fourth-order valence-electron chi connectivity index (χ4n) is 2.02. The third-order valence-electron chi connectivity index (χ3n) is 3.07. The summed E-state index contributed by atoms with van der Waals surface area (Å²) in [7, 11) is 0. The molecule has 0 amide bonds. The third-order valence-corrected chi connectivity index (χ3v) is 5.24. The molecule has 2 aromatic heterocycles. The van der Waals surface area contributed by atoms with Gasteiger partial charge in [-0.3, -0.25) is 0 Å². The van der Waals surface area contributed by atoms with Crippen molar-refractivity contribution in [3.63, 3.8) is 0 Å². The molecule has 6 heteroatoms. The molecule has 0 atom stereocenters. The summed E-state index contributed by atoms with van der Waals surface area (Å²) >= 11 is 3.44. The minimum Gasteiger partial charge on any atom is -0.360 e. The number of anilines is 1. The SMILES string of the molecule is CCCc1nc(C2CC2)c(-c2nnc(NCC)s2)s1. The summed E-state index contributed by atoms with van der Waals surface area (Å²) in [6.07, 6.45) is 4.78. The van der Waals surface area contributed by atoms with E-state index in [-0.39, 0.29) is 0 Å². The highest BCUT2D eigenvalue weighted by atomic mass is 32.1. The van der Waals surface area contributed by atoms with E-state index in [9.17, 15) is 0 Å². The number of rotatable bonds is 6. The van der Waals surface area contributed by atoms with E-state index < -0.39 is 0 Å². The largest absolute Gasteiger partial charge is 0.360 e. The monoisotopic (exact) mass is 294 g/mol. The number of nitrogens with one attached hydrogen (secondary N) is 1. The van der Waals surface area contributed by atoms with Crippen molar-refractivity contribution in [1.29, 1.82) is 0 Å². The van der Waals surface area contributed by atoms with E-state index in [4.69, 9.17) is 4.98 Å². The fourth-order valence-corrected chi connectivity index (χ4v) is 4.16. The molecule has 1 fully saturated rings. The molecule has 2 aromatic rings. The van der Waals surface area contributed by atoms with Crippen molar-refractivity contribution in [2.45, 2.75) is 45.4 Å². The van der Waals surface area contributed by atoms with Crippen molar-refractivity contribution in [3.05, 3.63) is 10.7 Å². The summed E-state index contributed by atoms with van der Waals surface area (Å²) in [6, 6.07) is 0. The van der Waals surface area contributed by atoms with Gasteiger partial charge in [-0.25, -0.2) is 4.98 Å². The van der Waals surface area contributed by atoms with Crippen molar-refractivity contribution >= 4 is 27.8 Å².